The Morgan fingerprint density at radius 3 is 2.65 bits per heavy atom. The molecule has 4 nitrogen and oxygen atoms in total. The molecule has 1 aliphatic heterocycles. The van der Waals surface area contributed by atoms with Gasteiger partial charge in [-0.15, -0.1) is 0 Å². The minimum absolute atomic E-state index is 0.0313. The molecule has 0 saturated carbocycles. The first-order valence-corrected chi connectivity index (χ1v) is 8.34. The van der Waals surface area contributed by atoms with Gasteiger partial charge in [0.2, 0.25) is 0 Å². The highest BCUT2D eigenvalue weighted by Gasteiger charge is 2.20. The van der Waals surface area contributed by atoms with Crippen LogP contribution in [0.1, 0.15) is 28.9 Å². The lowest BCUT2D eigenvalue weighted by Crippen LogP contribution is -2.28. The fourth-order valence-corrected chi connectivity index (χ4v) is 2.87. The Bertz CT molecular complexity index is 666. The molecule has 0 atom stereocenters. The SMILES string of the molecule is O=C(c1cc(NCCc2ccc(Cl)cc2)ccn1)N1CCCC1. The Morgan fingerprint density at radius 2 is 1.91 bits per heavy atom. The number of carbonyl (C=O) groups excluding carboxylic acids is 1. The summed E-state index contributed by atoms with van der Waals surface area (Å²) >= 11 is 5.88. The maximum atomic E-state index is 12.3. The molecule has 1 N–H and O–H groups in total. The predicted molar refractivity (Wildman–Crippen MR) is 93.0 cm³/mol. The maximum Gasteiger partial charge on any atom is 0.272 e. The van der Waals surface area contributed by atoms with Crippen LogP contribution < -0.4 is 5.32 Å². The summed E-state index contributed by atoms with van der Waals surface area (Å²) in [6, 6.07) is 11.6. The molecule has 2 heterocycles. The molecule has 1 fully saturated rings. The third kappa shape index (κ3) is 4.23. The van der Waals surface area contributed by atoms with Crippen LogP contribution in [-0.4, -0.2) is 35.4 Å². The van der Waals surface area contributed by atoms with Crippen LogP contribution in [0.4, 0.5) is 5.69 Å². The van der Waals surface area contributed by atoms with Crippen molar-refractivity contribution in [3.05, 3.63) is 58.9 Å². The molecular weight excluding hydrogens is 310 g/mol. The molecule has 0 spiro atoms. The van der Waals surface area contributed by atoms with Crippen molar-refractivity contribution in [2.45, 2.75) is 19.3 Å². The van der Waals surface area contributed by atoms with Gasteiger partial charge in [0.1, 0.15) is 5.69 Å². The standard InChI is InChI=1S/C18H20ClN3O/c19-15-5-3-14(4-6-15)7-9-20-16-8-10-21-17(13-16)18(23)22-11-1-2-12-22/h3-6,8,10,13H,1-2,7,9,11-12H2,(H,20,21). The minimum atomic E-state index is 0.0313. The average molecular weight is 330 g/mol. The van der Waals surface area contributed by atoms with Gasteiger partial charge in [0, 0.05) is 36.5 Å². The van der Waals surface area contributed by atoms with Crippen LogP contribution in [0.25, 0.3) is 0 Å². The van der Waals surface area contributed by atoms with Gasteiger partial charge >= 0.3 is 0 Å². The molecule has 1 saturated heterocycles. The molecular formula is C18H20ClN3O. The number of halogens is 1. The normalized spacial score (nSPS) is 14.0. The maximum absolute atomic E-state index is 12.3. The largest absolute Gasteiger partial charge is 0.385 e. The number of hydrogen-bond donors (Lipinski definition) is 1. The topological polar surface area (TPSA) is 45.2 Å². The van der Waals surface area contributed by atoms with Crippen molar-refractivity contribution in [2.24, 2.45) is 0 Å². The van der Waals surface area contributed by atoms with Crippen molar-refractivity contribution in [1.82, 2.24) is 9.88 Å². The summed E-state index contributed by atoms with van der Waals surface area (Å²) in [7, 11) is 0. The molecule has 1 aliphatic rings. The van der Waals surface area contributed by atoms with E-state index in [4.69, 9.17) is 11.6 Å². The van der Waals surface area contributed by atoms with E-state index in [1.54, 1.807) is 6.20 Å². The van der Waals surface area contributed by atoms with E-state index in [1.807, 2.05) is 41.3 Å². The van der Waals surface area contributed by atoms with E-state index in [9.17, 15) is 4.79 Å². The lowest BCUT2D eigenvalue weighted by Gasteiger charge is -2.15. The Morgan fingerprint density at radius 1 is 1.17 bits per heavy atom. The summed E-state index contributed by atoms with van der Waals surface area (Å²) in [5.74, 6) is 0.0313. The van der Waals surface area contributed by atoms with Crippen molar-refractivity contribution in [1.29, 1.82) is 0 Å². The first-order valence-electron chi connectivity index (χ1n) is 7.96. The van der Waals surface area contributed by atoms with Gasteiger partial charge < -0.3 is 10.2 Å². The van der Waals surface area contributed by atoms with Gasteiger partial charge in [-0.25, -0.2) is 0 Å². The molecule has 1 aromatic carbocycles. The number of pyridine rings is 1. The van der Waals surface area contributed by atoms with Crippen molar-refractivity contribution < 1.29 is 4.79 Å². The van der Waals surface area contributed by atoms with Crippen LogP contribution in [0, 0.1) is 0 Å². The second-order valence-electron chi connectivity index (χ2n) is 5.73. The molecule has 0 aliphatic carbocycles. The zero-order valence-corrected chi connectivity index (χ0v) is 13.7. The highest BCUT2D eigenvalue weighted by molar-refractivity contribution is 6.30. The summed E-state index contributed by atoms with van der Waals surface area (Å²) in [4.78, 5) is 18.4. The van der Waals surface area contributed by atoms with E-state index in [-0.39, 0.29) is 5.91 Å². The van der Waals surface area contributed by atoms with E-state index in [2.05, 4.69) is 10.3 Å². The predicted octanol–water partition coefficient (Wildman–Crippen LogP) is 3.63. The van der Waals surface area contributed by atoms with Crippen LogP contribution in [0.2, 0.25) is 5.02 Å². The third-order valence-electron chi connectivity index (χ3n) is 4.03. The van der Waals surface area contributed by atoms with E-state index >= 15 is 0 Å². The second-order valence-corrected chi connectivity index (χ2v) is 6.17. The number of likely N-dealkylation sites (tertiary alicyclic amines) is 1. The minimum Gasteiger partial charge on any atom is -0.385 e. The lowest BCUT2D eigenvalue weighted by molar-refractivity contribution is 0.0787. The van der Waals surface area contributed by atoms with Crippen molar-refractivity contribution >= 4 is 23.2 Å². The number of amides is 1. The first-order chi connectivity index (χ1) is 11.2. The van der Waals surface area contributed by atoms with Crippen LogP contribution in [0.5, 0.6) is 0 Å². The number of carbonyl (C=O) groups is 1. The van der Waals surface area contributed by atoms with Crippen LogP contribution in [0.15, 0.2) is 42.6 Å². The fourth-order valence-electron chi connectivity index (χ4n) is 2.74. The quantitative estimate of drug-likeness (QED) is 0.911. The number of nitrogens with zero attached hydrogens (tertiary/aromatic N) is 2. The number of nitrogens with one attached hydrogen (secondary N) is 1. The number of benzene rings is 1. The van der Waals surface area contributed by atoms with Crippen LogP contribution >= 0.6 is 11.6 Å². The van der Waals surface area contributed by atoms with Crippen LogP contribution in [-0.2, 0) is 6.42 Å². The molecule has 23 heavy (non-hydrogen) atoms. The smallest absolute Gasteiger partial charge is 0.272 e. The zero-order chi connectivity index (χ0) is 16.1. The van der Waals surface area contributed by atoms with Gasteiger partial charge in [-0.2, -0.15) is 0 Å². The van der Waals surface area contributed by atoms with Gasteiger partial charge in [-0.1, -0.05) is 23.7 Å². The van der Waals surface area contributed by atoms with Gasteiger partial charge in [0.05, 0.1) is 0 Å². The highest BCUT2D eigenvalue weighted by Crippen LogP contribution is 2.15. The highest BCUT2D eigenvalue weighted by atomic mass is 35.5. The molecule has 3 rings (SSSR count). The number of aromatic nitrogens is 1. The molecule has 1 amide bonds. The van der Waals surface area contributed by atoms with E-state index in [1.165, 1.54) is 5.56 Å². The Kier molecular flexibility index (Phi) is 5.13. The second kappa shape index (κ2) is 7.47. The first kappa shape index (κ1) is 15.8. The molecule has 2 aromatic rings. The lowest BCUT2D eigenvalue weighted by atomic mass is 10.1. The van der Waals surface area contributed by atoms with E-state index in [0.717, 1.165) is 49.6 Å². The van der Waals surface area contributed by atoms with Crippen LogP contribution in [0.3, 0.4) is 0 Å². The Labute approximate surface area is 141 Å². The summed E-state index contributed by atoms with van der Waals surface area (Å²) in [5.41, 5.74) is 2.67. The molecule has 0 bridgehead atoms. The molecule has 0 radical (unpaired) electrons. The summed E-state index contributed by atoms with van der Waals surface area (Å²) in [6.45, 7) is 2.48. The number of hydrogen-bond acceptors (Lipinski definition) is 3. The van der Waals surface area contributed by atoms with Gasteiger partial charge in [-0.3, -0.25) is 9.78 Å². The summed E-state index contributed by atoms with van der Waals surface area (Å²) in [5, 5.41) is 4.10. The third-order valence-corrected chi connectivity index (χ3v) is 4.28. The Balaban J connectivity index is 1.56. The zero-order valence-electron chi connectivity index (χ0n) is 13.0. The molecule has 0 unspecified atom stereocenters. The van der Waals surface area contributed by atoms with Gasteiger partial charge in [-0.05, 0) is 49.1 Å². The van der Waals surface area contributed by atoms with Crippen molar-refractivity contribution in [3.8, 4) is 0 Å². The number of anilines is 1. The molecule has 5 heteroatoms. The molecule has 120 valence electrons. The fraction of sp³-hybridized carbons (Fsp3) is 0.333. The van der Waals surface area contributed by atoms with E-state index in [0.29, 0.717) is 5.69 Å². The van der Waals surface area contributed by atoms with Crippen molar-refractivity contribution in [3.63, 3.8) is 0 Å². The van der Waals surface area contributed by atoms with Gasteiger partial charge in [0.15, 0.2) is 0 Å². The summed E-state index contributed by atoms with van der Waals surface area (Å²) < 4.78 is 0. The average Bonchev–Trinajstić information content (AvgIpc) is 3.11. The Hall–Kier alpha value is -2.07. The molecule has 1 aromatic heterocycles. The van der Waals surface area contributed by atoms with E-state index < -0.39 is 0 Å². The van der Waals surface area contributed by atoms with Crippen molar-refractivity contribution in [2.75, 3.05) is 25.0 Å². The summed E-state index contributed by atoms with van der Waals surface area (Å²) in [6.07, 6.45) is 4.76. The number of rotatable bonds is 5. The monoisotopic (exact) mass is 329 g/mol. The van der Waals surface area contributed by atoms with Gasteiger partial charge in [0.25, 0.3) is 5.91 Å².